The van der Waals surface area contributed by atoms with Crippen LogP contribution >= 0.6 is 35.4 Å². The molecule has 98 valence electrons. The first-order valence-electron chi connectivity index (χ1n) is 5.13. The molecule has 4 nitrogen and oxygen atoms in total. The normalized spacial score (nSPS) is 10.2. The number of rotatable bonds is 2. The first-order chi connectivity index (χ1) is 8.97. The Labute approximate surface area is 124 Å². The van der Waals surface area contributed by atoms with Gasteiger partial charge in [0.2, 0.25) is 0 Å². The van der Waals surface area contributed by atoms with Crippen molar-refractivity contribution in [1.29, 1.82) is 0 Å². The molecule has 3 N–H and O–H groups in total. The van der Waals surface area contributed by atoms with Crippen LogP contribution in [0.3, 0.4) is 0 Å². The smallest absolute Gasteiger partial charge is 0.293 e. The number of benzene rings is 1. The van der Waals surface area contributed by atoms with Crippen molar-refractivity contribution >= 4 is 46.4 Å². The lowest BCUT2D eigenvalue weighted by molar-refractivity contribution is 0.0951. The number of halogens is 2. The molecular weight excluding hydrogens is 307 g/mol. The zero-order valence-corrected chi connectivity index (χ0v) is 11.8. The van der Waals surface area contributed by atoms with E-state index in [-0.39, 0.29) is 10.9 Å². The Morgan fingerprint density at radius 1 is 1.26 bits per heavy atom. The number of nitrogens with one attached hydrogen (secondary N) is 1. The molecule has 0 aliphatic rings. The molecule has 0 fully saturated rings. The molecule has 1 amide bonds. The summed E-state index contributed by atoms with van der Waals surface area (Å²) < 4.78 is 5.40. The fourth-order valence-corrected chi connectivity index (χ4v) is 2.06. The lowest BCUT2D eigenvalue weighted by Crippen LogP contribution is -2.34. The number of amides is 1. The van der Waals surface area contributed by atoms with Crippen LogP contribution in [0, 0.1) is 0 Å². The van der Waals surface area contributed by atoms with Crippen LogP contribution in [-0.2, 0) is 0 Å². The molecule has 0 atom stereocenters. The average molecular weight is 315 g/mol. The number of carbonyl (C=O) groups excluding carboxylic acids is 1. The van der Waals surface area contributed by atoms with E-state index < -0.39 is 5.91 Å². The van der Waals surface area contributed by atoms with E-state index in [1.54, 1.807) is 24.3 Å². The van der Waals surface area contributed by atoms with Crippen LogP contribution in [0.5, 0.6) is 0 Å². The second kappa shape index (κ2) is 5.61. The largest absolute Gasteiger partial charge is 0.451 e. The highest BCUT2D eigenvalue weighted by molar-refractivity contribution is 7.80. The Bertz CT molecular complexity index is 655. The highest BCUT2D eigenvalue weighted by Crippen LogP contribution is 2.31. The Balaban J connectivity index is 2.30. The second-order valence-corrected chi connectivity index (χ2v) is 4.89. The van der Waals surface area contributed by atoms with Gasteiger partial charge in [0.25, 0.3) is 5.91 Å². The van der Waals surface area contributed by atoms with E-state index in [0.29, 0.717) is 21.4 Å². The van der Waals surface area contributed by atoms with Crippen LogP contribution in [0.2, 0.25) is 10.0 Å². The van der Waals surface area contributed by atoms with E-state index in [0.717, 1.165) is 0 Å². The minimum atomic E-state index is -0.510. The molecule has 0 spiro atoms. The van der Waals surface area contributed by atoms with Gasteiger partial charge in [-0.2, -0.15) is 0 Å². The second-order valence-electron chi connectivity index (χ2n) is 3.61. The van der Waals surface area contributed by atoms with E-state index >= 15 is 0 Å². The average Bonchev–Trinajstić information content (AvgIpc) is 2.77. The summed E-state index contributed by atoms with van der Waals surface area (Å²) in [6.45, 7) is 0. The van der Waals surface area contributed by atoms with Crippen LogP contribution in [0.4, 0.5) is 0 Å². The summed E-state index contributed by atoms with van der Waals surface area (Å²) in [6.07, 6.45) is 0. The standard InChI is InChI=1S/C12H8Cl2N2O2S/c13-6-1-2-7(8(14)5-6)9-3-4-10(18-9)11(17)16-12(15)19/h1-5H,(H3,15,16,17,19). The molecule has 1 aromatic carbocycles. The van der Waals surface area contributed by atoms with Gasteiger partial charge in [-0.1, -0.05) is 23.2 Å². The zero-order chi connectivity index (χ0) is 14.0. The van der Waals surface area contributed by atoms with E-state index in [9.17, 15) is 4.79 Å². The third-order valence-electron chi connectivity index (χ3n) is 2.26. The monoisotopic (exact) mass is 314 g/mol. The van der Waals surface area contributed by atoms with E-state index in [1.165, 1.54) is 6.07 Å². The maximum absolute atomic E-state index is 11.6. The van der Waals surface area contributed by atoms with E-state index in [4.69, 9.17) is 33.4 Å². The van der Waals surface area contributed by atoms with Gasteiger partial charge >= 0.3 is 0 Å². The molecule has 0 aliphatic heterocycles. The molecule has 2 rings (SSSR count). The van der Waals surface area contributed by atoms with Crippen molar-refractivity contribution in [2.45, 2.75) is 0 Å². The van der Waals surface area contributed by atoms with Crippen LogP contribution in [0.1, 0.15) is 10.6 Å². The Morgan fingerprint density at radius 3 is 2.63 bits per heavy atom. The lowest BCUT2D eigenvalue weighted by atomic mass is 10.2. The number of nitrogens with two attached hydrogens (primary N) is 1. The van der Waals surface area contributed by atoms with E-state index in [2.05, 4.69) is 17.5 Å². The van der Waals surface area contributed by atoms with Gasteiger partial charge in [-0.15, -0.1) is 0 Å². The predicted molar refractivity (Wildman–Crippen MR) is 78.4 cm³/mol. The molecule has 0 bridgehead atoms. The maximum atomic E-state index is 11.6. The number of carbonyl (C=O) groups is 1. The highest BCUT2D eigenvalue weighted by atomic mass is 35.5. The summed E-state index contributed by atoms with van der Waals surface area (Å²) in [7, 11) is 0. The SMILES string of the molecule is NC(=S)NC(=O)c1ccc(-c2ccc(Cl)cc2Cl)o1. The summed E-state index contributed by atoms with van der Waals surface area (Å²) in [5.41, 5.74) is 5.85. The van der Waals surface area contributed by atoms with Crippen molar-refractivity contribution in [1.82, 2.24) is 5.32 Å². The molecule has 19 heavy (non-hydrogen) atoms. The minimum Gasteiger partial charge on any atom is -0.451 e. The molecule has 1 heterocycles. The molecule has 0 unspecified atom stereocenters. The summed E-state index contributed by atoms with van der Waals surface area (Å²) in [5, 5.41) is 3.11. The minimum absolute atomic E-state index is 0.0915. The number of furan rings is 1. The number of thiocarbonyl (C=S) groups is 1. The Morgan fingerprint density at radius 2 is 2.00 bits per heavy atom. The van der Waals surface area contributed by atoms with Crippen molar-refractivity contribution in [2.24, 2.45) is 5.73 Å². The Hall–Kier alpha value is -1.56. The van der Waals surface area contributed by atoms with Gasteiger partial charge in [0.15, 0.2) is 10.9 Å². The number of hydrogen-bond donors (Lipinski definition) is 2. The molecular formula is C12H8Cl2N2O2S. The third kappa shape index (κ3) is 3.26. The van der Waals surface area contributed by atoms with Crippen molar-refractivity contribution in [3.8, 4) is 11.3 Å². The molecule has 1 aromatic heterocycles. The summed E-state index contributed by atoms with van der Waals surface area (Å²) in [5.74, 6) is 0.0346. The van der Waals surface area contributed by atoms with E-state index in [1.807, 2.05) is 0 Å². The highest BCUT2D eigenvalue weighted by Gasteiger charge is 2.14. The predicted octanol–water partition coefficient (Wildman–Crippen LogP) is 3.23. The summed E-state index contributed by atoms with van der Waals surface area (Å²) >= 11 is 16.4. The fraction of sp³-hybridized carbons (Fsp3) is 0. The van der Waals surface area contributed by atoms with Crippen molar-refractivity contribution in [3.63, 3.8) is 0 Å². The first kappa shape index (κ1) is 13.9. The van der Waals surface area contributed by atoms with Crippen molar-refractivity contribution < 1.29 is 9.21 Å². The van der Waals surface area contributed by atoms with Crippen LogP contribution in [0.25, 0.3) is 11.3 Å². The summed E-state index contributed by atoms with van der Waals surface area (Å²) in [6, 6.07) is 8.12. The molecule has 0 saturated carbocycles. The lowest BCUT2D eigenvalue weighted by Gasteiger charge is -2.02. The molecule has 0 aliphatic carbocycles. The van der Waals surface area contributed by atoms with Gasteiger partial charge in [0, 0.05) is 10.6 Å². The molecule has 0 radical (unpaired) electrons. The van der Waals surface area contributed by atoms with Crippen LogP contribution in [0.15, 0.2) is 34.7 Å². The van der Waals surface area contributed by atoms with Gasteiger partial charge in [-0.05, 0) is 42.5 Å². The quantitative estimate of drug-likeness (QED) is 0.835. The molecule has 2 aromatic rings. The zero-order valence-electron chi connectivity index (χ0n) is 9.44. The van der Waals surface area contributed by atoms with Crippen molar-refractivity contribution in [2.75, 3.05) is 0 Å². The van der Waals surface area contributed by atoms with Gasteiger partial charge in [0.1, 0.15) is 5.76 Å². The van der Waals surface area contributed by atoms with Gasteiger partial charge in [-0.25, -0.2) is 0 Å². The van der Waals surface area contributed by atoms with Gasteiger partial charge in [-0.3, -0.25) is 10.1 Å². The molecule has 7 heteroatoms. The van der Waals surface area contributed by atoms with Crippen LogP contribution < -0.4 is 11.1 Å². The van der Waals surface area contributed by atoms with Crippen LogP contribution in [-0.4, -0.2) is 11.0 Å². The fourth-order valence-electron chi connectivity index (χ4n) is 1.47. The Kier molecular flexibility index (Phi) is 4.09. The third-order valence-corrected chi connectivity index (χ3v) is 2.91. The van der Waals surface area contributed by atoms with Gasteiger partial charge < -0.3 is 10.2 Å². The first-order valence-corrected chi connectivity index (χ1v) is 6.30. The summed E-state index contributed by atoms with van der Waals surface area (Å²) in [4.78, 5) is 11.6. The number of hydrogen-bond acceptors (Lipinski definition) is 3. The molecule has 0 saturated heterocycles. The van der Waals surface area contributed by atoms with Crippen molar-refractivity contribution in [3.05, 3.63) is 46.1 Å². The van der Waals surface area contributed by atoms with Gasteiger partial charge in [0.05, 0.1) is 5.02 Å². The maximum Gasteiger partial charge on any atom is 0.293 e. The topological polar surface area (TPSA) is 68.3 Å².